The van der Waals surface area contributed by atoms with E-state index in [1.165, 1.54) is 0 Å². The van der Waals surface area contributed by atoms with Gasteiger partial charge >= 0.3 is 0 Å². The Bertz CT molecular complexity index is 298. The van der Waals surface area contributed by atoms with Crippen molar-refractivity contribution in [2.24, 2.45) is 0 Å². The minimum absolute atomic E-state index is 0. The van der Waals surface area contributed by atoms with Gasteiger partial charge in [-0.2, -0.15) is 19.8 Å². The molecule has 122 N–H and O–H groups in total. The molecule has 0 aromatic carbocycles. The molecule has 0 aliphatic carbocycles. The third-order valence-electron chi connectivity index (χ3n) is 0. The molecule has 0 bridgehead atoms. The monoisotopic (exact) mass is 4850 g/mol. The molecule has 0 aliphatic rings. The fourth-order valence-corrected chi connectivity index (χ4v) is 0. The van der Waals surface area contributed by atoms with Crippen LogP contribution in [0.1, 0.15) is 44.6 Å². The van der Waals surface area contributed by atoms with E-state index in [-0.39, 0.29) is 778 Å². The zero-order chi connectivity index (χ0) is 25.0. The summed E-state index contributed by atoms with van der Waals surface area (Å²) in [6.07, 6.45) is 0. The van der Waals surface area contributed by atoms with Crippen LogP contribution in [0.3, 0.4) is 0 Å². The molecule has 2 atom stereocenters. The van der Waals surface area contributed by atoms with Crippen molar-refractivity contribution in [1.29, 1.82) is 0 Å². The molecule has 88 heteroatoms. The second-order valence-electron chi connectivity index (χ2n) is 9.39. The zero-order valence-corrected chi connectivity index (χ0v) is 118. The third-order valence-corrected chi connectivity index (χ3v) is 0. The minimum atomic E-state index is 0. The van der Waals surface area contributed by atoms with Gasteiger partial charge in [0.1, 0.15) is 0 Å². The summed E-state index contributed by atoms with van der Waals surface area (Å²) in [6, 6.07) is 0. The third kappa shape index (κ3) is 16800. The van der Waals surface area contributed by atoms with Gasteiger partial charge < -0.3 is 368 Å². The Balaban J connectivity index is -0.000000000432. The molecule has 115 heavy (non-hydrogen) atoms. The summed E-state index contributed by atoms with van der Waals surface area (Å²) >= 11 is 0. The molecule has 0 radical (unpaired) electrons. The summed E-state index contributed by atoms with van der Waals surface area (Å²) in [7, 11) is 42.0. The topological polar surface area (TPSA) is 1940 Å². The Morgan fingerprint density at radius 1 is 0.0783 bits per heavy atom. The van der Waals surface area contributed by atoms with E-state index in [1.54, 1.807) is 0 Å². The molecule has 0 aromatic rings. The minimum Gasteiger partial charge on any atom is -0.412 e. The van der Waals surface area contributed by atoms with Crippen LogP contribution in [0.4, 0.5) is 0 Å². The smallest absolute Gasteiger partial charge is 0 e. The maximum Gasteiger partial charge on any atom is 0 e. The van der Waals surface area contributed by atoms with Crippen molar-refractivity contribution in [3.8, 4) is 0 Å². The molecule has 0 aromatic heterocycles. The van der Waals surface area contributed by atoms with E-state index in [0.29, 0.717) is 0 Å². The van der Waals surface area contributed by atoms with Crippen molar-refractivity contribution in [2.45, 2.75) is 44.6 Å². The summed E-state index contributed by atoms with van der Waals surface area (Å²) in [5.41, 5.74) is 0. The molecule has 68 nitrogen and oxygen atoms in total. The normalized spacial score (nSPS) is 2.19. The van der Waals surface area contributed by atoms with Gasteiger partial charge in [-0.05, 0) is 148 Å². The average Bonchev–Trinajstić information content (AvgIpc) is 2.20. The molecule has 0 heterocycles. The maximum absolute atomic E-state index is 2.00. The van der Waals surface area contributed by atoms with Gasteiger partial charge in [0.2, 0.25) is 0 Å². The summed E-state index contributed by atoms with van der Waals surface area (Å²) in [6.45, 7) is 0. The van der Waals surface area contributed by atoms with Gasteiger partial charge in [0, 0.05) is 380 Å². The number of rotatable bonds is 0. The fraction of sp³-hybridized carbons (Fsp3) is 1.00. The first kappa shape index (κ1) is 1960. The maximum atomic E-state index is 2.00. The van der Waals surface area contributed by atoms with Crippen LogP contribution in [-0.4, -0.2) is 516 Å². The summed E-state index contributed by atoms with van der Waals surface area (Å²) in [4.78, 5) is 14.0. The molecular formula is C27H215N7O61P2TiW17. The Labute approximate surface area is 948 Å². The molecule has 0 fully saturated rings. The molecule has 2 unspecified atom stereocenters. The molecule has 0 amide bonds. The van der Waals surface area contributed by atoms with Crippen LogP contribution < -0.4 is 0 Å². The molecule has 0 saturated carbocycles. The van der Waals surface area contributed by atoms with Crippen LogP contribution in [0.15, 0.2) is 0 Å². The quantitative estimate of drug-likeness (QED) is 0.166. The van der Waals surface area contributed by atoms with Crippen LogP contribution in [0, 0.1) is 0 Å². The Morgan fingerprint density at radius 3 is 0.0783 bits per heavy atom. The largest absolute Gasteiger partial charge is 0.412 e. The van der Waals surface area contributed by atoms with Gasteiger partial charge in [-0.25, -0.2) is 0 Å². The van der Waals surface area contributed by atoms with Crippen molar-refractivity contribution in [2.75, 3.05) is 148 Å². The predicted octanol–water partition coefficient (Wildman–Crippen LogP) is -45.2. The van der Waals surface area contributed by atoms with Crippen molar-refractivity contribution in [3.05, 3.63) is 0 Å². The zero-order valence-electron chi connectivity index (χ0n) is 63.5. The van der Waals surface area contributed by atoms with Crippen molar-refractivity contribution < 1.29 is 714 Å². The van der Waals surface area contributed by atoms with Crippen LogP contribution in [0.25, 0.3) is 0 Å². The second kappa shape index (κ2) is 1910. The van der Waals surface area contributed by atoms with Gasteiger partial charge in [-0.3, -0.25) is 0 Å². The van der Waals surface area contributed by atoms with Crippen molar-refractivity contribution in [3.63, 3.8) is 0 Å². The molecule has 840 valence electrons. The SMILES string of the molecule is C.C.C.C.C.C.CN(C)C.CN(C)C.CN(C)C.CN(C)C.CN(C)C.CN(C)C.CN(C)C.O.O.O.O.O.O.O.O.O.O.O.O.O.O.O.O.O.O.O.O.O.O.O.O.O.O.O.O.O.O.O.O.O.O.O.O.O.O.O.O.O.O.O.O.O.O.O.O.O.O.O.O.O.O.O.O.O.O.O.O.O.P.P.[Ti].[W].[W].[W].[W].[W].[W].[W].[W].[W].[W].[W].[W].[W].[W].[W].[W].[W]. The van der Waals surface area contributed by atoms with Crippen molar-refractivity contribution in [1.82, 2.24) is 34.3 Å². The fourth-order valence-electron chi connectivity index (χ4n) is 0. The van der Waals surface area contributed by atoms with E-state index >= 15 is 0 Å². The van der Waals surface area contributed by atoms with Crippen LogP contribution in [0.2, 0.25) is 0 Å². The van der Waals surface area contributed by atoms with Gasteiger partial charge in [0.15, 0.2) is 0 Å². The van der Waals surface area contributed by atoms with Gasteiger partial charge in [-0.1, -0.05) is 44.6 Å². The molecule has 0 spiro atoms. The van der Waals surface area contributed by atoms with E-state index in [9.17, 15) is 0 Å². The first-order chi connectivity index (χ1) is 12.1. The van der Waals surface area contributed by atoms with E-state index < -0.39 is 0 Å². The number of hydrogen-bond acceptors (Lipinski definition) is 7. The summed E-state index contributed by atoms with van der Waals surface area (Å²) in [5.74, 6) is 0. The predicted molar refractivity (Wildman–Crippen MR) is 420 cm³/mol. The summed E-state index contributed by atoms with van der Waals surface area (Å²) < 4.78 is 0. The van der Waals surface area contributed by atoms with Crippen LogP contribution in [-0.2, 0) is 380 Å². The second-order valence-corrected chi connectivity index (χ2v) is 9.39. The molecule has 0 rings (SSSR count). The van der Waals surface area contributed by atoms with Gasteiger partial charge in [0.25, 0.3) is 0 Å². The van der Waals surface area contributed by atoms with Crippen LogP contribution >= 0.6 is 19.8 Å². The summed E-state index contributed by atoms with van der Waals surface area (Å²) in [5, 5.41) is 0. The van der Waals surface area contributed by atoms with Gasteiger partial charge in [-0.15, -0.1) is 0 Å². The van der Waals surface area contributed by atoms with Gasteiger partial charge in [0.05, 0.1) is 0 Å². The number of nitrogens with zero attached hydrogens (tertiary/aromatic N) is 7. The van der Waals surface area contributed by atoms with Crippen LogP contribution in [0.5, 0.6) is 0 Å². The molecular weight excluding hydrogens is 4630 g/mol. The molecule has 0 aliphatic heterocycles. The van der Waals surface area contributed by atoms with E-state index in [2.05, 4.69) is 0 Å². The first-order valence-electron chi connectivity index (χ1n) is 9.39. The van der Waals surface area contributed by atoms with E-state index in [0.717, 1.165) is 0 Å². The van der Waals surface area contributed by atoms with E-state index in [4.69, 9.17) is 0 Å². The van der Waals surface area contributed by atoms with Crippen molar-refractivity contribution >= 4 is 19.8 Å². The Kier molecular flexibility index (Phi) is 32500. The standard InChI is InChI=1S/7C3H9N.6CH4.61H2O.2H3P.Ti.17W/c7*1-4(2)3;;;;;;;;;;;;;;;;;;;;;;;;;;;;;;;;;;;;;;;;;;;;;;;;;;;;;;;;;;;;;;;;;;;;;;;;;;;;;;;;;;;;;;;/h7*1-3H3;6*1H4;61*1H2;2*1H3;;;;;;;;;;;;;;;;;;. The Morgan fingerprint density at radius 2 is 0.0783 bits per heavy atom. The number of hydrogen-bond donors (Lipinski definition) is 0. The Hall–Kier alpha value is 10.6. The average molecular weight is 4850 g/mol. The van der Waals surface area contributed by atoms with E-state index in [1.807, 2.05) is 182 Å². The first-order valence-corrected chi connectivity index (χ1v) is 9.39. The molecule has 0 saturated heterocycles.